The van der Waals surface area contributed by atoms with E-state index in [1.165, 1.54) is 32.4 Å². The predicted molar refractivity (Wildman–Crippen MR) is 67.0 cm³/mol. The SMILES string of the molecule is COc1nc(N2CC3(CCC3)C2)ccc1Br. The molecule has 0 radical (unpaired) electrons. The first-order chi connectivity index (χ1) is 7.72. The molecular formula is C12H15BrN2O. The van der Waals surface area contributed by atoms with Gasteiger partial charge in [0.05, 0.1) is 11.6 Å². The minimum Gasteiger partial charge on any atom is -0.480 e. The largest absolute Gasteiger partial charge is 0.480 e. The Morgan fingerprint density at radius 3 is 2.69 bits per heavy atom. The van der Waals surface area contributed by atoms with E-state index in [0.29, 0.717) is 11.3 Å². The molecule has 1 aliphatic carbocycles. The van der Waals surface area contributed by atoms with Gasteiger partial charge in [0.1, 0.15) is 5.82 Å². The summed E-state index contributed by atoms with van der Waals surface area (Å²) in [7, 11) is 1.65. The van der Waals surface area contributed by atoms with Crippen molar-refractivity contribution in [1.29, 1.82) is 0 Å². The van der Waals surface area contributed by atoms with Crippen molar-refractivity contribution in [1.82, 2.24) is 4.98 Å². The molecular weight excluding hydrogens is 268 g/mol. The van der Waals surface area contributed by atoms with Crippen molar-refractivity contribution in [2.75, 3.05) is 25.1 Å². The summed E-state index contributed by atoms with van der Waals surface area (Å²) in [6.45, 7) is 2.34. The monoisotopic (exact) mass is 282 g/mol. The quantitative estimate of drug-likeness (QED) is 0.834. The normalized spacial score (nSPS) is 21.5. The second kappa shape index (κ2) is 3.62. The average molecular weight is 283 g/mol. The van der Waals surface area contributed by atoms with E-state index in [1.807, 2.05) is 6.07 Å². The van der Waals surface area contributed by atoms with Gasteiger partial charge in [0, 0.05) is 18.5 Å². The molecule has 0 amide bonds. The molecule has 4 heteroatoms. The second-order valence-corrected chi connectivity index (χ2v) is 5.72. The van der Waals surface area contributed by atoms with Crippen LogP contribution < -0.4 is 9.64 Å². The molecule has 1 spiro atoms. The third-order valence-corrected chi connectivity index (χ3v) is 4.39. The fourth-order valence-electron chi connectivity index (χ4n) is 2.65. The number of halogens is 1. The van der Waals surface area contributed by atoms with Crippen molar-refractivity contribution < 1.29 is 4.74 Å². The molecule has 3 rings (SSSR count). The zero-order valence-electron chi connectivity index (χ0n) is 9.37. The lowest BCUT2D eigenvalue weighted by molar-refractivity contribution is 0.0895. The molecule has 1 aromatic heterocycles. The molecule has 0 N–H and O–H groups in total. The van der Waals surface area contributed by atoms with E-state index < -0.39 is 0 Å². The highest BCUT2D eigenvalue weighted by atomic mass is 79.9. The van der Waals surface area contributed by atoms with Crippen LogP contribution in [0.2, 0.25) is 0 Å². The molecule has 2 fully saturated rings. The van der Waals surface area contributed by atoms with Crippen molar-refractivity contribution in [3.63, 3.8) is 0 Å². The van der Waals surface area contributed by atoms with Crippen LogP contribution >= 0.6 is 15.9 Å². The van der Waals surface area contributed by atoms with Crippen LogP contribution in [0.5, 0.6) is 5.88 Å². The molecule has 2 heterocycles. The Morgan fingerprint density at radius 1 is 1.38 bits per heavy atom. The number of hydrogen-bond donors (Lipinski definition) is 0. The van der Waals surface area contributed by atoms with Gasteiger partial charge < -0.3 is 9.64 Å². The summed E-state index contributed by atoms with van der Waals surface area (Å²) in [4.78, 5) is 6.83. The third-order valence-electron chi connectivity index (χ3n) is 3.78. The Hall–Kier alpha value is -0.770. The van der Waals surface area contributed by atoms with E-state index in [2.05, 4.69) is 31.9 Å². The predicted octanol–water partition coefficient (Wildman–Crippen LogP) is 2.84. The molecule has 0 unspecified atom stereocenters. The summed E-state index contributed by atoms with van der Waals surface area (Å²) in [5, 5.41) is 0. The number of ether oxygens (including phenoxy) is 1. The lowest BCUT2D eigenvalue weighted by Gasteiger charge is -2.56. The molecule has 0 atom stereocenters. The molecule has 0 bridgehead atoms. The Bertz CT molecular complexity index is 409. The van der Waals surface area contributed by atoms with Gasteiger partial charge in [-0.1, -0.05) is 6.42 Å². The molecule has 1 aromatic rings. The van der Waals surface area contributed by atoms with E-state index in [-0.39, 0.29) is 0 Å². The summed E-state index contributed by atoms with van der Waals surface area (Å²) in [5.41, 5.74) is 0.641. The molecule has 86 valence electrons. The zero-order chi connectivity index (χ0) is 11.2. The van der Waals surface area contributed by atoms with Gasteiger partial charge in [-0.25, -0.2) is 0 Å². The number of methoxy groups -OCH3 is 1. The number of aromatic nitrogens is 1. The Morgan fingerprint density at radius 2 is 2.12 bits per heavy atom. The van der Waals surface area contributed by atoms with Crippen molar-refractivity contribution in [2.24, 2.45) is 5.41 Å². The van der Waals surface area contributed by atoms with E-state index in [0.717, 1.165) is 10.3 Å². The molecule has 1 saturated carbocycles. The maximum Gasteiger partial charge on any atom is 0.229 e. The van der Waals surface area contributed by atoms with Gasteiger partial charge in [0.25, 0.3) is 0 Å². The van der Waals surface area contributed by atoms with Gasteiger partial charge in [0.2, 0.25) is 5.88 Å². The first kappa shape index (κ1) is 10.4. The highest BCUT2D eigenvalue weighted by molar-refractivity contribution is 9.10. The number of pyridine rings is 1. The highest BCUT2D eigenvalue weighted by Gasteiger charge is 2.47. The lowest BCUT2D eigenvalue weighted by atomic mass is 9.63. The van der Waals surface area contributed by atoms with E-state index in [4.69, 9.17) is 4.74 Å². The summed E-state index contributed by atoms with van der Waals surface area (Å²) in [6, 6.07) is 4.06. The molecule has 2 aliphatic rings. The van der Waals surface area contributed by atoms with Crippen molar-refractivity contribution >= 4 is 21.7 Å². The summed E-state index contributed by atoms with van der Waals surface area (Å²) in [6.07, 6.45) is 4.21. The fourth-order valence-corrected chi connectivity index (χ4v) is 3.03. The zero-order valence-corrected chi connectivity index (χ0v) is 11.0. The number of hydrogen-bond acceptors (Lipinski definition) is 3. The highest BCUT2D eigenvalue weighted by Crippen LogP contribution is 2.49. The summed E-state index contributed by atoms with van der Waals surface area (Å²) >= 11 is 3.42. The Labute approximate surface area is 104 Å². The van der Waals surface area contributed by atoms with E-state index in [9.17, 15) is 0 Å². The van der Waals surface area contributed by atoms with Gasteiger partial charge in [0.15, 0.2) is 0 Å². The topological polar surface area (TPSA) is 25.4 Å². The Balaban J connectivity index is 1.75. The van der Waals surface area contributed by atoms with Crippen LogP contribution in [-0.4, -0.2) is 25.2 Å². The minimum atomic E-state index is 0.641. The standard InChI is InChI=1S/C12H15BrN2O/c1-16-11-9(13)3-4-10(14-11)15-7-12(8-15)5-2-6-12/h3-4H,2,5-8H2,1H3. The van der Waals surface area contributed by atoms with Crippen LogP contribution in [0, 0.1) is 5.41 Å². The first-order valence-electron chi connectivity index (χ1n) is 5.68. The molecule has 1 saturated heterocycles. The maximum absolute atomic E-state index is 5.21. The fraction of sp³-hybridized carbons (Fsp3) is 0.583. The molecule has 1 aliphatic heterocycles. The third kappa shape index (κ3) is 1.51. The van der Waals surface area contributed by atoms with Gasteiger partial charge >= 0.3 is 0 Å². The molecule has 16 heavy (non-hydrogen) atoms. The lowest BCUT2D eigenvalue weighted by Crippen LogP contribution is -2.60. The van der Waals surface area contributed by atoms with Crippen LogP contribution in [0.3, 0.4) is 0 Å². The summed E-state index contributed by atoms with van der Waals surface area (Å²) < 4.78 is 6.13. The van der Waals surface area contributed by atoms with E-state index >= 15 is 0 Å². The van der Waals surface area contributed by atoms with Crippen LogP contribution in [0.4, 0.5) is 5.82 Å². The van der Waals surface area contributed by atoms with Gasteiger partial charge in [-0.3, -0.25) is 0 Å². The smallest absolute Gasteiger partial charge is 0.229 e. The molecule has 0 aromatic carbocycles. The number of rotatable bonds is 2. The van der Waals surface area contributed by atoms with E-state index in [1.54, 1.807) is 7.11 Å². The van der Waals surface area contributed by atoms with Crippen LogP contribution in [-0.2, 0) is 0 Å². The van der Waals surface area contributed by atoms with Crippen molar-refractivity contribution in [3.8, 4) is 5.88 Å². The van der Waals surface area contributed by atoms with Crippen molar-refractivity contribution in [3.05, 3.63) is 16.6 Å². The van der Waals surface area contributed by atoms with Gasteiger partial charge in [-0.15, -0.1) is 0 Å². The average Bonchev–Trinajstić information content (AvgIpc) is 2.16. The number of anilines is 1. The minimum absolute atomic E-state index is 0.641. The van der Waals surface area contributed by atoms with Gasteiger partial charge in [-0.2, -0.15) is 4.98 Å². The van der Waals surface area contributed by atoms with Crippen molar-refractivity contribution in [2.45, 2.75) is 19.3 Å². The molecule has 3 nitrogen and oxygen atoms in total. The second-order valence-electron chi connectivity index (χ2n) is 4.87. The van der Waals surface area contributed by atoms with Crippen LogP contribution in [0.1, 0.15) is 19.3 Å². The summed E-state index contributed by atoms with van der Waals surface area (Å²) in [5.74, 6) is 1.71. The van der Waals surface area contributed by atoms with Crippen LogP contribution in [0.25, 0.3) is 0 Å². The van der Waals surface area contributed by atoms with Crippen LogP contribution in [0.15, 0.2) is 16.6 Å². The Kier molecular flexibility index (Phi) is 2.35. The maximum atomic E-state index is 5.21. The van der Waals surface area contributed by atoms with Gasteiger partial charge in [-0.05, 0) is 40.9 Å². The first-order valence-corrected chi connectivity index (χ1v) is 6.47. The number of nitrogens with zero attached hydrogens (tertiary/aromatic N) is 2.